The quantitative estimate of drug-likeness (QED) is 0.913. The van der Waals surface area contributed by atoms with Gasteiger partial charge in [0.05, 0.1) is 42.3 Å². The van der Waals surface area contributed by atoms with Crippen LogP contribution in [0.1, 0.15) is 28.2 Å². The van der Waals surface area contributed by atoms with Gasteiger partial charge < -0.3 is 19.2 Å². The number of ether oxygens (including phenoxy) is 2. The van der Waals surface area contributed by atoms with Crippen molar-refractivity contribution < 1.29 is 18.7 Å². The van der Waals surface area contributed by atoms with Crippen molar-refractivity contribution in [3.05, 3.63) is 40.2 Å². The maximum atomic E-state index is 12.3. The van der Waals surface area contributed by atoms with Crippen LogP contribution in [-0.4, -0.2) is 36.3 Å². The summed E-state index contributed by atoms with van der Waals surface area (Å²) in [5, 5.41) is 4.97. The number of nitrogens with one attached hydrogen (secondary N) is 1. The zero-order chi connectivity index (χ0) is 15.4. The average molecular weight is 322 g/mol. The third-order valence-corrected chi connectivity index (χ3v) is 4.29. The summed E-state index contributed by atoms with van der Waals surface area (Å²) in [6.45, 7) is 3.29. The molecule has 1 N–H and O–H groups in total. The van der Waals surface area contributed by atoms with Crippen LogP contribution in [0.2, 0.25) is 0 Å². The molecule has 3 rings (SSSR count). The summed E-state index contributed by atoms with van der Waals surface area (Å²) in [7, 11) is 0. The highest BCUT2D eigenvalue weighted by atomic mass is 32.1. The summed E-state index contributed by atoms with van der Waals surface area (Å²) in [5.74, 6) is 0.477. The summed E-state index contributed by atoms with van der Waals surface area (Å²) in [4.78, 5) is 16.5. The number of amides is 1. The van der Waals surface area contributed by atoms with Crippen LogP contribution in [0.5, 0.6) is 0 Å². The molecular formula is C15H18N2O4S. The minimum atomic E-state index is -0.174. The lowest BCUT2D eigenvalue weighted by Crippen LogP contribution is -2.50. The number of aromatic nitrogens is 1. The molecule has 0 saturated carbocycles. The molecule has 1 aliphatic heterocycles. The van der Waals surface area contributed by atoms with E-state index < -0.39 is 0 Å². The van der Waals surface area contributed by atoms with Crippen molar-refractivity contribution in [2.75, 3.05) is 13.2 Å². The molecular weight excluding hydrogens is 304 g/mol. The maximum absolute atomic E-state index is 12.3. The van der Waals surface area contributed by atoms with Crippen molar-refractivity contribution in [1.82, 2.24) is 10.3 Å². The monoisotopic (exact) mass is 322 g/mol. The molecule has 0 spiro atoms. The second-order valence-corrected chi connectivity index (χ2v) is 5.88. The number of carbonyl (C=O) groups is 1. The van der Waals surface area contributed by atoms with Gasteiger partial charge in [-0.15, -0.1) is 11.3 Å². The van der Waals surface area contributed by atoms with Crippen LogP contribution in [-0.2, 0) is 16.1 Å². The van der Waals surface area contributed by atoms with E-state index >= 15 is 0 Å². The molecule has 0 bridgehead atoms. The highest BCUT2D eigenvalue weighted by Crippen LogP contribution is 2.16. The molecule has 1 amide bonds. The zero-order valence-corrected chi connectivity index (χ0v) is 13.1. The largest absolute Gasteiger partial charge is 0.469 e. The lowest BCUT2D eigenvalue weighted by molar-refractivity contribution is -0.0742. The van der Waals surface area contributed by atoms with Crippen LogP contribution in [0.4, 0.5) is 0 Å². The van der Waals surface area contributed by atoms with Crippen molar-refractivity contribution >= 4 is 17.2 Å². The second-order valence-electron chi connectivity index (χ2n) is 5.16. The van der Waals surface area contributed by atoms with E-state index in [-0.39, 0.29) is 18.1 Å². The molecule has 1 fully saturated rings. The number of aryl methyl sites for hydroxylation is 1. The molecule has 1 aliphatic rings. The number of thiazole rings is 1. The molecule has 2 aromatic rings. The molecule has 22 heavy (non-hydrogen) atoms. The SMILES string of the molecule is Cc1occc1C(=O)N[C@@H]1CCOC[C@H]1OCc1cscn1. The topological polar surface area (TPSA) is 73.6 Å². The molecule has 3 heterocycles. The second kappa shape index (κ2) is 7.04. The van der Waals surface area contributed by atoms with E-state index in [0.29, 0.717) is 31.1 Å². The Morgan fingerprint density at radius 3 is 3.23 bits per heavy atom. The Morgan fingerprint density at radius 1 is 1.59 bits per heavy atom. The number of nitrogens with zero attached hydrogens (tertiary/aromatic N) is 1. The molecule has 0 unspecified atom stereocenters. The van der Waals surface area contributed by atoms with Crippen LogP contribution in [0, 0.1) is 6.92 Å². The van der Waals surface area contributed by atoms with Gasteiger partial charge in [-0.05, 0) is 19.4 Å². The van der Waals surface area contributed by atoms with Gasteiger partial charge in [-0.3, -0.25) is 4.79 Å². The molecule has 0 aromatic carbocycles. The fraction of sp³-hybridized carbons (Fsp3) is 0.467. The van der Waals surface area contributed by atoms with E-state index in [1.807, 2.05) is 5.38 Å². The van der Waals surface area contributed by atoms with Gasteiger partial charge in [0.2, 0.25) is 0 Å². The molecule has 6 nitrogen and oxygen atoms in total. The van der Waals surface area contributed by atoms with Gasteiger partial charge in [0.25, 0.3) is 5.91 Å². The van der Waals surface area contributed by atoms with Gasteiger partial charge in [-0.2, -0.15) is 0 Å². The molecule has 118 valence electrons. The highest BCUT2D eigenvalue weighted by Gasteiger charge is 2.29. The number of hydrogen-bond acceptors (Lipinski definition) is 6. The van der Waals surface area contributed by atoms with E-state index in [1.54, 1.807) is 18.5 Å². The smallest absolute Gasteiger partial charge is 0.255 e. The fourth-order valence-corrected chi connectivity index (χ4v) is 2.95. The van der Waals surface area contributed by atoms with Crippen molar-refractivity contribution in [3.63, 3.8) is 0 Å². The van der Waals surface area contributed by atoms with Crippen LogP contribution >= 0.6 is 11.3 Å². The van der Waals surface area contributed by atoms with E-state index in [9.17, 15) is 4.79 Å². The van der Waals surface area contributed by atoms with E-state index in [2.05, 4.69) is 10.3 Å². The highest BCUT2D eigenvalue weighted by molar-refractivity contribution is 7.07. The van der Waals surface area contributed by atoms with Gasteiger partial charge in [-0.25, -0.2) is 4.98 Å². The van der Waals surface area contributed by atoms with Crippen molar-refractivity contribution in [2.24, 2.45) is 0 Å². The van der Waals surface area contributed by atoms with E-state index in [0.717, 1.165) is 12.1 Å². The molecule has 2 atom stereocenters. The lowest BCUT2D eigenvalue weighted by Gasteiger charge is -2.31. The third kappa shape index (κ3) is 3.55. The van der Waals surface area contributed by atoms with Gasteiger partial charge >= 0.3 is 0 Å². The van der Waals surface area contributed by atoms with Crippen molar-refractivity contribution in [2.45, 2.75) is 32.1 Å². The van der Waals surface area contributed by atoms with Crippen molar-refractivity contribution in [1.29, 1.82) is 0 Å². The Labute approximate surface area is 132 Å². The fourth-order valence-electron chi connectivity index (χ4n) is 2.41. The zero-order valence-electron chi connectivity index (χ0n) is 12.3. The van der Waals surface area contributed by atoms with Crippen LogP contribution in [0.3, 0.4) is 0 Å². The van der Waals surface area contributed by atoms with Crippen LogP contribution in [0.25, 0.3) is 0 Å². The number of carbonyl (C=O) groups excluding carboxylic acids is 1. The minimum Gasteiger partial charge on any atom is -0.469 e. The number of furan rings is 1. The predicted molar refractivity (Wildman–Crippen MR) is 80.8 cm³/mol. The lowest BCUT2D eigenvalue weighted by atomic mass is 10.1. The molecule has 1 saturated heterocycles. The summed E-state index contributed by atoms with van der Waals surface area (Å²) < 4.78 is 16.5. The predicted octanol–water partition coefficient (Wildman–Crippen LogP) is 2.15. The Balaban J connectivity index is 1.60. The Bertz CT molecular complexity index is 611. The summed E-state index contributed by atoms with van der Waals surface area (Å²) in [6, 6.07) is 1.60. The maximum Gasteiger partial charge on any atom is 0.255 e. The number of hydrogen-bond donors (Lipinski definition) is 1. The standard InChI is InChI=1S/C15H18N2O4S/c1-10-12(2-5-20-10)15(18)17-13-3-4-19-7-14(13)21-6-11-8-22-9-16-11/h2,5,8-9,13-14H,3-4,6-7H2,1H3,(H,17,18)/t13-,14-/m1/s1. The molecule has 0 radical (unpaired) electrons. The summed E-state index contributed by atoms with van der Waals surface area (Å²) >= 11 is 1.53. The Hall–Kier alpha value is -1.70. The summed E-state index contributed by atoms with van der Waals surface area (Å²) in [6.07, 6.45) is 2.07. The molecule has 7 heteroatoms. The first kappa shape index (κ1) is 15.2. The first-order chi connectivity index (χ1) is 10.7. The Morgan fingerprint density at radius 2 is 2.50 bits per heavy atom. The van der Waals surface area contributed by atoms with E-state index in [4.69, 9.17) is 13.9 Å². The third-order valence-electron chi connectivity index (χ3n) is 3.65. The average Bonchev–Trinajstić information content (AvgIpc) is 3.17. The van der Waals surface area contributed by atoms with Gasteiger partial charge in [0.1, 0.15) is 11.9 Å². The van der Waals surface area contributed by atoms with Crippen LogP contribution in [0.15, 0.2) is 27.6 Å². The van der Waals surface area contributed by atoms with Gasteiger partial charge in [0, 0.05) is 12.0 Å². The normalized spacial score (nSPS) is 21.7. The number of rotatable bonds is 5. The van der Waals surface area contributed by atoms with E-state index in [1.165, 1.54) is 17.6 Å². The Kier molecular flexibility index (Phi) is 4.87. The van der Waals surface area contributed by atoms with Crippen molar-refractivity contribution in [3.8, 4) is 0 Å². The molecule has 2 aromatic heterocycles. The minimum absolute atomic E-state index is 0.0748. The first-order valence-corrected chi connectivity index (χ1v) is 8.09. The first-order valence-electron chi connectivity index (χ1n) is 7.15. The van der Waals surface area contributed by atoms with Crippen LogP contribution < -0.4 is 5.32 Å². The van der Waals surface area contributed by atoms with Gasteiger partial charge in [0.15, 0.2) is 0 Å². The molecule has 0 aliphatic carbocycles. The summed E-state index contributed by atoms with van der Waals surface area (Å²) in [5.41, 5.74) is 3.23. The van der Waals surface area contributed by atoms with Gasteiger partial charge in [-0.1, -0.05) is 0 Å².